The molecule has 0 radical (unpaired) electrons. The molecular formula is C12H15NO2. The summed E-state index contributed by atoms with van der Waals surface area (Å²) in [5, 5.41) is 0. The zero-order valence-electron chi connectivity index (χ0n) is 8.77. The predicted molar refractivity (Wildman–Crippen MR) is 57.4 cm³/mol. The Balaban J connectivity index is 2.28. The van der Waals surface area contributed by atoms with Crippen LogP contribution in [0.25, 0.3) is 0 Å². The minimum Gasteiger partial charge on any atom is -0.466 e. The molecule has 1 aliphatic rings. The Morgan fingerprint density at radius 3 is 2.80 bits per heavy atom. The van der Waals surface area contributed by atoms with Crippen molar-refractivity contribution in [3.8, 4) is 0 Å². The molecule has 0 heterocycles. The molecule has 0 aromatic heterocycles. The molecule has 2 N–H and O–H groups in total. The molecule has 0 aliphatic heterocycles. The number of hydrogen-bond donors (Lipinski definition) is 1. The van der Waals surface area contributed by atoms with Gasteiger partial charge in [-0.25, -0.2) is 0 Å². The Hall–Kier alpha value is -1.35. The summed E-state index contributed by atoms with van der Waals surface area (Å²) in [6.07, 6.45) is 0.665. The molecule has 80 valence electrons. The van der Waals surface area contributed by atoms with Crippen LogP contribution in [0.15, 0.2) is 24.3 Å². The summed E-state index contributed by atoms with van der Waals surface area (Å²) in [7, 11) is 0. The van der Waals surface area contributed by atoms with E-state index in [1.807, 2.05) is 31.2 Å². The molecule has 1 aromatic carbocycles. The Kier molecular flexibility index (Phi) is 2.73. The summed E-state index contributed by atoms with van der Waals surface area (Å²) >= 11 is 0. The standard InChI is InChI=1S/C12H15NO2/c1-2-15-12(14)10-7-11(13)9-6-4-3-5-8(9)10/h3-6,10-11H,2,7,13H2,1H3. The molecule has 15 heavy (non-hydrogen) atoms. The van der Waals surface area contributed by atoms with Crippen LogP contribution in [0.5, 0.6) is 0 Å². The molecule has 2 atom stereocenters. The van der Waals surface area contributed by atoms with Gasteiger partial charge in [0.1, 0.15) is 0 Å². The highest BCUT2D eigenvalue weighted by molar-refractivity contribution is 5.80. The second-order valence-corrected chi connectivity index (χ2v) is 3.78. The lowest BCUT2D eigenvalue weighted by Crippen LogP contribution is -2.14. The molecular weight excluding hydrogens is 190 g/mol. The summed E-state index contributed by atoms with van der Waals surface area (Å²) in [4.78, 5) is 11.7. The molecule has 0 amide bonds. The normalized spacial score (nSPS) is 23.6. The van der Waals surface area contributed by atoms with Gasteiger partial charge in [0.25, 0.3) is 0 Å². The van der Waals surface area contributed by atoms with Gasteiger partial charge in [0.05, 0.1) is 12.5 Å². The fourth-order valence-electron chi connectivity index (χ4n) is 2.14. The third-order valence-corrected chi connectivity index (χ3v) is 2.83. The second-order valence-electron chi connectivity index (χ2n) is 3.78. The molecule has 0 saturated heterocycles. The number of carbonyl (C=O) groups is 1. The fraction of sp³-hybridized carbons (Fsp3) is 0.417. The van der Waals surface area contributed by atoms with E-state index in [2.05, 4.69) is 0 Å². The van der Waals surface area contributed by atoms with Crippen molar-refractivity contribution < 1.29 is 9.53 Å². The van der Waals surface area contributed by atoms with Gasteiger partial charge in [-0.15, -0.1) is 0 Å². The highest BCUT2D eigenvalue weighted by atomic mass is 16.5. The minimum atomic E-state index is -0.170. The summed E-state index contributed by atoms with van der Waals surface area (Å²) in [6.45, 7) is 2.24. The average Bonchev–Trinajstić information content (AvgIpc) is 2.58. The quantitative estimate of drug-likeness (QED) is 0.748. The lowest BCUT2D eigenvalue weighted by Gasteiger charge is -2.09. The van der Waals surface area contributed by atoms with Crippen molar-refractivity contribution in [2.24, 2.45) is 5.73 Å². The van der Waals surface area contributed by atoms with Gasteiger partial charge in [0, 0.05) is 6.04 Å². The van der Waals surface area contributed by atoms with E-state index in [0.717, 1.165) is 11.1 Å². The van der Waals surface area contributed by atoms with Gasteiger partial charge >= 0.3 is 5.97 Å². The molecule has 0 bridgehead atoms. The second kappa shape index (κ2) is 4.03. The Bertz CT molecular complexity index is 376. The van der Waals surface area contributed by atoms with Crippen LogP contribution < -0.4 is 5.73 Å². The molecule has 3 nitrogen and oxygen atoms in total. The highest BCUT2D eigenvalue weighted by Crippen LogP contribution is 2.39. The molecule has 1 aromatic rings. The summed E-state index contributed by atoms with van der Waals surface area (Å²) in [6, 6.07) is 7.80. The predicted octanol–water partition coefficient (Wildman–Crippen LogP) is 1.74. The van der Waals surface area contributed by atoms with E-state index < -0.39 is 0 Å². The van der Waals surface area contributed by atoms with Gasteiger partial charge in [-0.2, -0.15) is 0 Å². The average molecular weight is 205 g/mol. The zero-order valence-corrected chi connectivity index (χ0v) is 8.77. The van der Waals surface area contributed by atoms with Crippen molar-refractivity contribution >= 4 is 5.97 Å². The van der Waals surface area contributed by atoms with E-state index in [0.29, 0.717) is 13.0 Å². The smallest absolute Gasteiger partial charge is 0.313 e. The first-order valence-electron chi connectivity index (χ1n) is 5.25. The zero-order chi connectivity index (χ0) is 10.8. The number of nitrogens with two attached hydrogens (primary N) is 1. The number of esters is 1. The largest absolute Gasteiger partial charge is 0.466 e. The summed E-state index contributed by atoms with van der Waals surface area (Å²) < 4.78 is 5.04. The van der Waals surface area contributed by atoms with Crippen LogP contribution in [0.2, 0.25) is 0 Å². The monoisotopic (exact) mass is 205 g/mol. The van der Waals surface area contributed by atoms with E-state index in [1.54, 1.807) is 0 Å². The molecule has 0 spiro atoms. The molecule has 2 unspecified atom stereocenters. The van der Waals surface area contributed by atoms with Gasteiger partial charge in [-0.1, -0.05) is 24.3 Å². The van der Waals surface area contributed by atoms with Crippen LogP contribution in [0.1, 0.15) is 36.4 Å². The number of benzene rings is 1. The van der Waals surface area contributed by atoms with Gasteiger partial charge in [-0.05, 0) is 24.5 Å². The maximum Gasteiger partial charge on any atom is 0.313 e. The topological polar surface area (TPSA) is 52.3 Å². The Labute approximate surface area is 89.2 Å². The van der Waals surface area contributed by atoms with Crippen LogP contribution in [0.4, 0.5) is 0 Å². The summed E-state index contributed by atoms with van der Waals surface area (Å²) in [5.41, 5.74) is 8.07. The molecule has 0 saturated carbocycles. The maximum atomic E-state index is 11.7. The first-order valence-corrected chi connectivity index (χ1v) is 5.25. The van der Waals surface area contributed by atoms with Crippen molar-refractivity contribution in [1.29, 1.82) is 0 Å². The minimum absolute atomic E-state index is 0.0318. The van der Waals surface area contributed by atoms with E-state index in [4.69, 9.17) is 10.5 Å². The molecule has 2 rings (SSSR count). The number of rotatable bonds is 2. The maximum absolute atomic E-state index is 11.7. The van der Waals surface area contributed by atoms with E-state index >= 15 is 0 Å². The fourth-order valence-corrected chi connectivity index (χ4v) is 2.14. The first-order chi connectivity index (χ1) is 7.24. The summed E-state index contributed by atoms with van der Waals surface area (Å²) in [5.74, 6) is -0.325. The number of fused-ring (bicyclic) bond motifs is 1. The van der Waals surface area contributed by atoms with Crippen LogP contribution in [-0.4, -0.2) is 12.6 Å². The molecule has 1 aliphatic carbocycles. The Morgan fingerprint density at radius 2 is 2.13 bits per heavy atom. The van der Waals surface area contributed by atoms with E-state index in [-0.39, 0.29) is 17.9 Å². The van der Waals surface area contributed by atoms with Gasteiger partial charge in [-0.3, -0.25) is 4.79 Å². The number of hydrogen-bond acceptors (Lipinski definition) is 3. The van der Waals surface area contributed by atoms with Gasteiger partial charge in [0.2, 0.25) is 0 Å². The van der Waals surface area contributed by atoms with Crippen LogP contribution in [0, 0.1) is 0 Å². The molecule has 0 fully saturated rings. The van der Waals surface area contributed by atoms with Gasteiger partial charge < -0.3 is 10.5 Å². The Morgan fingerprint density at radius 1 is 1.47 bits per heavy atom. The SMILES string of the molecule is CCOC(=O)C1CC(N)c2ccccc21. The van der Waals surface area contributed by atoms with Crippen LogP contribution in [0.3, 0.4) is 0 Å². The van der Waals surface area contributed by atoms with E-state index in [1.165, 1.54) is 0 Å². The lowest BCUT2D eigenvalue weighted by molar-refractivity contribution is -0.145. The van der Waals surface area contributed by atoms with Crippen molar-refractivity contribution in [3.05, 3.63) is 35.4 Å². The van der Waals surface area contributed by atoms with Crippen LogP contribution >= 0.6 is 0 Å². The van der Waals surface area contributed by atoms with Crippen molar-refractivity contribution in [3.63, 3.8) is 0 Å². The van der Waals surface area contributed by atoms with Crippen LogP contribution in [-0.2, 0) is 9.53 Å². The van der Waals surface area contributed by atoms with Gasteiger partial charge in [0.15, 0.2) is 0 Å². The third-order valence-electron chi connectivity index (χ3n) is 2.83. The first kappa shape index (κ1) is 10.2. The van der Waals surface area contributed by atoms with E-state index in [9.17, 15) is 4.79 Å². The number of carbonyl (C=O) groups excluding carboxylic acids is 1. The highest BCUT2D eigenvalue weighted by Gasteiger charge is 2.33. The van der Waals surface area contributed by atoms with Crippen molar-refractivity contribution in [2.75, 3.05) is 6.61 Å². The van der Waals surface area contributed by atoms with Crippen molar-refractivity contribution in [2.45, 2.75) is 25.3 Å². The lowest BCUT2D eigenvalue weighted by atomic mass is 10.0. The molecule has 3 heteroatoms. The van der Waals surface area contributed by atoms with Crippen molar-refractivity contribution in [1.82, 2.24) is 0 Å². The number of ether oxygens (including phenoxy) is 1. The third kappa shape index (κ3) is 1.75.